The Balaban J connectivity index is 1.43. The highest BCUT2D eigenvalue weighted by Crippen LogP contribution is 2.40. The molecule has 1 spiro atoms. The second kappa shape index (κ2) is 6.07. The molecule has 1 aromatic rings. The van der Waals surface area contributed by atoms with Gasteiger partial charge in [-0.1, -0.05) is 0 Å². The lowest BCUT2D eigenvalue weighted by molar-refractivity contribution is -0.140. The van der Waals surface area contributed by atoms with Gasteiger partial charge in [0.15, 0.2) is 0 Å². The molecule has 23 heavy (non-hydrogen) atoms. The van der Waals surface area contributed by atoms with Crippen LogP contribution >= 0.6 is 0 Å². The van der Waals surface area contributed by atoms with Crippen LogP contribution in [-0.4, -0.2) is 59.7 Å². The van der Waals surface area contributed by atoms with Gasteiger partial charge in [0, 0.05) is 50.6 Å². The van der Waals surface area contributed by atoms with Crippen LogP contribution in [0.4, 0.5) is 5.95 Å². The van der Waals surface area contributed by atoms with Gasteiger partial charge in [0.25, 0.3) is 5.91 Å². The van der Waals surface area contributed by atoms with Gasteiger partial charge in [0.05, 0.1) is 0 Å². The number of rotatable bonds is 2. The number of nitrogens with zero attached hydrogens (tertiary/aromatic N) is 4. The van der Waals surface area contributed by atoms with Crippen molar-refractivity contribution in [3.63, 3.8) is 0 Å². The quantitative estimate of drug-likeness (QED) is 0.827. The van der Waals surface area contributed by atoms with E-state index in [1.165, 1.54) is 6.42 Å². The molecule has 6 heteroatoms. The first-order valence-electron chi connectivity index (χ1n) is 8.68. The van der Waals surface area contributed by atoms with E-state index in [1.54, 1.807) is 12.4 Å². The maximum atomic E-state index is 12.6. The first-order valence-corrected chi connectivity index (χ1v) is 8.68. The van der Waals surface area contributed by atoms with Crippen LogP contribution in [0.2, 0.25) is 0 Å². The van der Waals surface area contributed by atoms with Crippen molar-refractivity contribution in [1.82, 2.24) is 14.9 Å². The minimum atomic E-state index is -0.192. The Morgan fingerprint density at radius 3 is 2.83 bits per heavy atom. The fourth-order valence-corrected chi connectivity index (χ4v) is 4.27. The summed E-state index contributed by atoms with van der Waals surface area (Å²) in [5, 5.41) is 0. The highest BCUT2D eigenvalue weighted by atomic mass is 16.5. The molecule has 0 saturated carbocycles. The zero-order valence-electron chi connectivity index (χ0n) is 13.5. The van der Waals surface area contributed by atoms with Crippen molar-refractivity contribution in [1.29, 1.82) is 0 Å². The van der Waals surface area contributed by atoms with Gasteiger partial charge < -0.3 is 14.5 Å². The van der Waals surface area contributed by atoms with E-state index in [-0.39, 0.29) is 17.4 Å². The summed E-state index contributed by atoms with van der Waals surface area (Å²) in [5.41, 5.74) is 0.200. The lowest BCUT2D eigenvalue weighted by Gasteiger charge is -2.40. The van der Waals surface area contributed by atoms with Gasteiger partial charge in [0.2, 0.25) is 5.95 Å². The molecular weight excluding hydrogens is 292 g/mol. The third kappa shape index (κ3) is 2.92. The number of carbonyl (C=O) groups excluding carboxylic acids is 1. The van der Waals surface area contributed by atoms with E-state index in [0.717, 1.165) is 64.4 Å². The van der Waals surface area contributed by atoms with Gasteiger partial charge in [-0.15, -0.1) is 0 Å². The Kier molecular flexibility index (Phi) is 3.93. The van der Waals surface area contributed by atoms with Crippen molar-refractivity contribution in [2.24, 2.45) is 5.41 Å². The van der Waals surface area contributed by atoms with Gasteiger partial charge in [0.1, 0.15) is 6.10 Å². The van der Waals surface area contributed by atoms with Crippen molar-refractivity contribution in [2.45, 2.75) is 38.2 Å². The van der Waals surface area contributed by atoms with Gasteiger partial charge in [-0.05, 0) is 38.2 Å². The summed E-state index contributed by atoms with van der Waals surface area (Å²) in [7, 11) is 0. The normalized spacial score (nSPS) is 31.0. The number of aromatic nitrogens is 2. The summed E-state index contributed by atoms with van der Waals surface area (Å²) in [4.78, 5) is 25.7. The predicted octanol–water partition coefficient (Wildman–Crippen LogP) is 1.47. The number of piperidine rings is 1. The molecule has 0 radical (unpaired) electrons. The van der Waals surface area contributed by atoms with Crippen LogP contribution in [0.5, 0.6) is 0 Å². The van der Waals surface area contributed by atoms with Crippen molar-refractivity contribution in [3.8, 4) is 0 Å². The smallest absolute Gasteiger partial charge is 0.251 e. The molecule has 1 amide bonds. The number of hydrogen-bond acceptors (Lipinski definition) is 5. The van der Waals surface area contributed by atoms with Crippen LogP contribution in [0.3, 0.4) is 0 Å². The number of likely N-dealkylation sites (tertiary alicyclic amines) is 1. The van der Waals surface area contributed by atoms with Gasteiger partial charge in [-0.2, -0.15) is 0 Å². The maximum Gasteiger partial charge on any atom is 0.251 e. The topological polar surface area (TPSA) is 58.6 Å². The lowest BCUT2D eigenvalue weighted by Crippen LogP contribution is -2.47. The van der Waals surface area contributed by atoms with Gasteiger partial charge >= 0.3 is 0 Å². The predicted molar refractivity (Wildman–Crippen MR) is 86.1 cm³/mol. The molecular formula is C17H24N4O2. The minimum absolute atomic E-state index is 0.192. The molecule has 0 bridgehead atoms. The summed E-state index contributed by atoms with van der Waals surface area (Å²) >= 11 is 0. The Labute approximate surface area is 136 Å². The van der Waals surface area contributed by atoms with Gasteiger partial charge in [-0.3, -0.25) is 4.79 Å². The van der Waals surface area contributed by atoms with E-state index in [2.05, 4.69) is 14.9 Å². The number of amides is 1. The summed E-state index contributed by atoms with van der Waals surface area (Å²) in [6.45, 7) is 4.41. The van der Waals surface area contributed by atoms with Crippen LogP contribution in [0.15, 0.2) is 18.5 Å². The molecule has 3 aliphatic heterocycles. The number of anilines is 1. The first kappa shape index (κ1) is 14.9. The standard InChI is InChI=1S/C17H24N4O2/c22-15(14-4-1-11-23-14)20-10-6-17(12-20)5-2-9-21(13-17)16-18-7-3-8-19-16/h3,7-8,14H,1-2,4-6,9-13H2/t14-,17-/m1/s1. The molecule has 0 unspecified atom stereocenters. The second-order valence-electron chi connectivity index (χ2n) is 7.09. The second-order valence-corrected chi connectivity index (χ2v) is 7.09. The third-order valence-electron chi connectivity index (χ3n) is 5.45. The zero-order valence-corrected chi connectivity index (χ0v) is 13.5. The molecule has 6 nitrogen and oxygen atoms in total. The van der Waals surface area contributed by atoms with Crippen molar-refractivity contribution in [2.75, 3.05) is 37.7 Å². The molecule has 2 atom stereocenters. The molecule has 0 N–H and O–H groups in total. The SMILES string of the molecule is O=C([C@H]1CCCO1)N1CC[C@]2(CCCN(c3ncccn3)C2)C1. The average molecular weight is 316 g/mol. The molecule has 124 valence electrons. The highest BCUT2D eigenvalue weighted by molar-refractivity contribution is 5.81. The summed E-state index contributed by atoms with van der Waals surface area (Å²) in [6.07, 6.45) is 8.70. The van der Waals surface area contributed by atoms with E-state index in [9.17, 15) is 4.79 Å². The molecule has 3 fully saturated rings. The Hall–Kier alpha value is -1.69. The largest absolute Gasteiger partial charge is 0.368 e. The van der Waals surface area contributed by atoms with Crippen molar-refractivity contribution >= 4 is 11.9 Å². The monoisotopic (exact) mass is 316 g/mol. The van der Waals surface area contributed by atoms with Crippen LogP contribution in [-0.2, 0) is 9.53 Å². The van der Waals surface area contributed by atoms with Crippen LogP contribution in [0.25, 0.3) is 0 Å². The summed E-state index contributed by atoms with van der Waals surface area (Å²) in [6, 6.07) is 1.85. The van der Waals surface area contributed by atoms with E-state index < -0.39 is 0 Å². The van der Waals surface area contributed by atoms with E-state index in [0.29, 0.717) is 0 Å². The van der Waals surface area contributed by atoms with Crippen LogP contribution < -0.4 is 4.90 Å². The first-order chi connectivity index (χ1) is 11.3. The average Bonchev–Trinajstić information content (AvgIpc) is 3.26. The molecule has 4 rings (SSSR count). The van der Waals surface area contributed by atoms with Gasteiger partial charge in [-0.25, -0.2) is 9.97 Å². The molecule has 0 aromatic carbocycles. The number of carbonyl (C=O) groups is 1. The molecule has 1 aromatic heterocycles. The van der Waals surface area contributed by atoms with Crippen molar-refractivity contribution < 1.29 is 9.53 Å². The molecule has 4 heterocycles. The molecule has 3 saturated heterocycles. The van der Waals surface area contributed by atoms with Crippen molar-refractivity contribution in [3.05, 3.63) is 18.5 Å². The van der Waals surface area contributed by atoms with Crippen LogP contribution in [0, 0.1) is 5.41 Å². The summed E-state index contributed by atoms with van der Waals surface area (Å²) in [5.74, 6) is 1.02. The highest BCUT2D eigenvalue weighted by Gasteiger charge is 2.44. The lowest BCUT2D eigenvalue weighted by atomic mass is 9.79. The zero-order chi connectivity index (χ0) is 15.7. The van der Waals surface area contributed by atoms with E-state index >= 15 is 0 Å². The minimum Gasteiger partial charge on any atom is -0.368 e. The number of hydrogen-bond donors (Lipinski definition) is 0. The van der Waals surface area contributed by atoms with E-state index in [4.69, 9.17) is 4.74 Å². The van der Waals surface area contributed by atoms with E-state index in [1.807, 2.05) is 11.0 Å². The molecule has 0 aliphatic carbocycles. The number of ether oxygens (including phenoxy) is 1. The maximum absolute atomic E-state index is 12.6. The summed E-state index contributed by atoms with van der Waals surface area (Å²) < 4.78 is 5.57. The Morgan fingerprint density at radius 2 is 2.04 bits per heavy atom. The third-order valence-corrected chi connectivity index (χ3v) is 5.45. The fourth-order valence-electron chi connectivity index (χ4n) is 4.27. The van der Waals surface area contributed by atoms with Crippen LogP contribution in [0.1, 0.15) is 32.1 Å². The molecule has 3 aliphatic rings. The Bertz CT molecular complexity index is 561. The fraction of sp³-hybridized carbons (Fsp3) is 0.706. The Morgan fingerprint density at radius 1 is 1.17 bits per heavy atom.